The summed E-state index contributed by atoms with van der Waals surface area (Å²) >= 11 is 0. The van der Waals surface area contributed by atoms with E-state index in [0.29, 0.717) is 32.5 Å². The van der Waals surface area contributed by atoms with Crippen molar-refractivity contribution < 1.29 is 18.7 Å². The van der Waals surface area contributed by atoms with Gasteiger partial charge in [0.25, 0.3) is 0 Å². The maximum atomic E-state index is 13.3. The SMILES string of the molecule is CC(=O)C1(O)CCN(CC=C(c2ccc(F)cc2)c2ccc(F)cc2)CC1. The van der Waals surface area contributed by atoms with E-state index in [0.717, 1.165) is 16.7 Å². The average Bonchev–Trinajstić information content (AvgIpc) is 2.66. The topological polar surface area (TPSA) is 40.5 Å². The number of halogens is 2. The van der Waals surface area contributed by atoms with E-state index in [1.165, 1.54) is 31.2 Å². The van der Waals surface area contributed by atoms with Crippen LogP contribution in [0.5, 0.6) is 0 Å². The van der Waals surface area contributed by atoms with E-state index < -0.39 is 5.60 Å². The van der Waals surface area contributed by atoms with Crippen molar-refractivity contribution in [1.29, 1.82) is 0 Å². The summed E-state index contributed by atoms with van der Waals surface area (Å²) < 4.78 is 26.6. The minimum absolute atomic E-state index is 0.184. The standard InChI is InChI=1S/C22H23F2NO2/c1-16(26)22(27)11-14-25(15-12-22)13-10-21(17-2-6-19(23)7-3-17)18-4-8-20(24)9-5-18/h2-10,27H,11-15H2,1H3. The Morgan fingerprint density at radius 1 is 1.00 bits per heavy atom. The Bertz CT molecular complexity index is 773. The molecule has 0 bridgehead atoms. The van der Waals surface area contributed by atoms with Gasteiger partial charge in [0, 0.05) is 19.6 Å². The van der Waals surface area contributed by atoms with Gasteiger partial charge < -0.3 is 5.11 Å². The van der Waals surface area contributed by atoms with E-state index in [1.807, 2.05) is 6.08 Å². The van der Waals surface area contributed by atoms with Crippen LogP contribution < -0.4 is 0 Å². The molecule has 1 fully saturated rings. The quantitative estimate of drug-likeness (QED) is 0.869. The van der Waals surface area contributed by atoms with Crippen LogP contribution in [0.2, 0.25) is 0 Å². The molecule has 0 amide bonds. The monoisotopic (exact) mass is 371 g/mol. The largest absolute Gasteiger partial charge is 0.382 e. The van der Waals surface area contributed by atoms with Crippen molar-refractivity contribution in [2.24, 2.45) is 0 Å². The molecule has 1 heterocycles. The Morgan fingerprint density at radius 2 is 1.44 bits per heavy atom. The number of hydrogen-bond acceptors (Lipinski definition) is 3. The van der Waals surface area contributed by atoms with Gasteiger partial charge in [-0.15, -0.1) is 0 Å². The van der Waals surface area contributed by atoms with Gasteiger partial charge in [0.2, 0.25) is 0 Å². The number of aliphatic hydroxyl groups is 1. The number of Topliss-reactive ketones (excluding diaryl/α,β-unsaturated/α-hetero) is 1. The highest BCUT2D eigenvalue weighted by molar-refractivity contribution is 5.84. The normalized spacial score (nSPS) is 16.7. The molecule has 1 aliphatic heterocycles. The fraction of sp³-hybridized carbons (Fsp3) is 0.318. The first-order valence-electron chi connectivity index (χ1n) is 9.05. The number of benzene rings is 2. The molecule has 2 aromatic rings. The highest BCUT2D eigenvalue weighted by atomic mass is 19.1. The Labute approximate surface area is 157 Å². The predicted octanol–water partition coefficient (Wildman–Crippen LogP) is 3.81. The number of ketones is 1. The number of carbonyl (C=O) groups excluding carboxylic acids is 1. The number of likely N-dealkylation sites (tertiary alicyclic amines) is 1. The van der Waals surface area contributed by atoms with Crippen LogP contribution in [-0.2, 0) is 4.79 Å². The molecule has 1 N–H and O–H groups in total. The van der Waals surface area contributed by atoms with Crippen LogP contribution >= 0.6 is 0 Å². The van der Waals surface area contributed by atoms with E-state index in [9.17, 15) is 18.7 Å². The zero-order valence-corrected chi connectivity index (χ0v) is 15.3. The van der Waals surface area contributed by atoms with Crippen LogP contribution in [0.3, 0.4) is 0 Å². The minimum atomic E-state index is -1.21. The molecule has 0 aromatic heterocycles. The lowest BCUT2D eigenvalue weighted by Gasteiger charge is -2.36. The number of nitrogens with zero attached hydrogens (tertiary/aromatic N) is 1. The lowest BCUT2D eigenvalue weighted by Crippen LogP contribution is -2.48. The zero-order valence-electron chi connectivity index (χ0n) is 15.3. The predicted molar refractivity (Wildman–Crippen MR) is 101 cm³/mol. The molecule has 5 heteroatoms. The van der Waals surface area contributed by atoms with Gasteiger partial charge in [0.05, 0.1) is 0 Å². The summed E-state index contributed by atoms with van der Waals surface area (Å²) in [6.45, 7) is 3.29. The molecule has 3 rings (SSSR count). The first-order valence-corrected chi connectivity index (χ1v) is 9.05. The molecular weight excluding hydrogens is 348 g/mol. The van der Waals surface area contributed by atoms with Crippen molar-refractivity contribution in [2.75, 3.05) is 19.6 Å². The smallest absolute Gasteiger partial charge is 0.161 e. The number of hydrogen-bond donors (Lipinski definition) is 1. The minimum Gasteiger partial charge on any atom is -0.382 e. The third-order valence-electron chi connectivity index (χ3n) is 5.20. The molecule has 0 spiro atoms. The summed E-state index contributed by atoms with van der Waals surface area (Å²) in [5.41, 5.74) is 1.37. The Kier molecular flexibility index (Phi) is 5.82. The second kappa shape index (κ2) is 8.11. The summed E-state index contributed by atoms with van der Waals surface area (Å²) in [6, 6.07) is 12.4. The Balaban J connectivity index is 1.80. The molecule has 1 saturated heterocycles. The van der Waals surface area contributed by atoms with E-state index in [4.69, 9.17) is 0 Å². The molecule has 0 aliphatic carbocycles. The molecule has 3 nitrogen and oxygen atoms in total. The van der Waals surface area contributed by atoms with E-state index in [-0.39, 0.29) is 17.4 Å². The van der Waals surface area contributed by atoms with Gasteiger partial charge in [-0.3, -0.25) is 9.69 Å². The number of carbonyl (C=O) groups is 1. The fourth-order valence-electron chi connectivity index (χ4n) is 3.34. The highest BCUT2D eigenvalue weighted by Crippen LogP contribution is 2.26. The molecule has 27 heavy (non-hydrogen) atoms. The van der Waals surface area contributed by atoms with Gasteiger partial charge in [-0.1, -0.05) is 30.3 Å². The van der Waals surface area contributed by atoms with E-state index >= 15 is 0 Å². The van der Waals surface area contributed by atoms with Crippen LogP contribution in [0.1, 0.15) is 30.9 Å². The van der Waals surface area contributed by atoms with Gasteiger partial charge >= 0.3 is 0 Å². The Morgan fingerprint density at radius 3 is 1.85 bits per heavy atom. The van der Waals surface area contributed by atoms with Crippen molar-refractivity contribution in [1.82, 2.24) is 4.90 Å². The average molecular weight is 371 g/mol. The van der Waals surface area contributed by atoms with Gasteiger partial charge in [0.15, 0.2) is 5.78 Å². The summed E-state index contributed by atoms with van der Waals surface area (Å²) in [5.74, 6) is -0.801. The molecule has 1 aliphatic rings. The molecule has 142 valence electrons. The van der Waals surface area contributed by atoms with Crippen molar-refractivity contribution in [3.8, 4) is 0 Å². The second-order valence-electron chi connectivity index (χ2n) is 7.02. The van der Waals surface area contributed by atoms with Crippen molar-refractivity contribution in [2.45, 2.75) is 25.4 Å². The summed E-state index contributed by atoms with van der Waals surface area (Å²) in [4.78, 5) is 13.7. The van der Waals surface area contributed by atoms with Crippen LogP contribution in [0, 0.1) is 11.6 Å². The first-order chi connectivity index (χ1) is 12.9. The molecule has 2 aromatic carbocycles. The van der Waals surface area contributed by atoms with Gasteiger partial charge in [-0.25, -0.2) is 8.78 Å². The molecular formula is C22H23F2NO2. The second-order valence-corrected chi connectivity index (χ2v) is 7.02. The molecule has 0 radical (unpaired) electrons. The lowest BCUT2D eigenvalue weighted by molar-refractivity contribution is -0.139. The molecule has 0 unspecified atom stereocenters. The van der Waals surface area contributed by atoms with Crippen molar-refractivity contribution >= 4 is 11.4 Å². The van der Waals surface area contributed by atoms with Crippen molar-refractivity contribution in [3.05, 3.63) is 77.4 Å². The molecule has 0 saturated carbocycles. The van der Waals surface area contributed by atoms with E-state index in [1.54, 1.807) is 24.3 Å². The van der Waals surface area contributed by atoms with Crippen LogP contribution in [-0.4, -0.2) is 41.0 Å². The van der Waals surface area contributed by atoms with Crippen LogP contribution in [0.25, 0.3) is 5.57 Å². The van der Waals surface area contributed by atoms with Gasteiger partial charge in [0.1, 0.15) is 17.2 Å². The third kappa shape index (κ3) is 4.67. The summed E-state index contributed by atoms with van der Waals surface area (Å²) in [5, 5.41) is 10.3. The molecule has 0 atom stereocenters. The van der Waals surface area contributed by atoms with E-state index in [2.05, 4.69) is 4.90 Å². The summed E-state index contributed by atoms with van der Waals surface area (Å²) in [6.07, 6.45) is 2.86. The maximum Gasteiger partial charge on any atom is 0.161 e. The maximum absolute atomic E-state index is 13.3. The lowest BCUT2D eigenvalue weighted by atomic mass is 9.88. The van der Waals surface area contributed by atoms with Crippen LogP contribution in [0.15, 0.2) is 54.6 Å². The number of rotatable bonds is 5. The number of piperidine rings is 1. The zero-order chi connectivity index (χ0) is 19.4. The van der Waals surface area contributed by atoms with Crippen LogP contribution in [0.4, 0.5) is 8.78 Å². The third-order valence-corrected chi connectivity index (χ3v) is 5.20. The summed E-state index contributed by atoms with van der Waals surface area (Å²) in [7, 11) is 0. The Hall–Kier alpha value is -2.37. The van der Waals surface area contributed by atoms with Gasteiger partial charge in [-0.05, 0) is 60.7 Å². The first kappa shape index (κ1) is 19.4. The highest BCUT2D eigenvalue weighted by Gasteiger charge is 2.36. The van der Waals surface area contributed by atoms with Crippen molar-refractivity contribution in [3.63, 3.8) is 0 Å². The van der Waals surface area contributed by atoms with Gasteiger partial charge in [-0.2, -0.15) is 0 Å². The fourth-order valence-corrected chi connectivity index (χ4v) is 3.34.